The number of hydrogen-bond donors (Lipinski definition) is 2. The average molecular weight is 431 g/mol. The van der Waals surface area contributed by atoms with E-state index in [1.807, 2.05) is 6.20 Å². The molecule has 0 saturated carbocycles. The molecule has 1 aromatic heterocycles. The van der Waals surface area contributed by atoms with Gasteiger partial charge in [0.05, 0.1) is 0 Å². The normalized spacial score (nSPS) is 16.2. The molecule has 1 fully saturated rings. The Morgan fingerprint density at radius 3 is 2.61 bits per heavy atom. The minimum atomic E-state index is 0.0133. The zero-order chi connectivity index (χ0) is 22.6. The Bertz CT molecular complexity index is 680. The van der Waals surface area contributed by atoms with Crippen molar-refractivity contribution in [1.29, 1.82) is 0 Å². The van der Waals surface area contributed by atoms with Gasteiger partial charge in [0.1, 0.15) is 12.4 Å². The number of carbonyl (C=O) groups is 1. The molecule has 31 heavy (non-hydrogen) atoms. The van der Waals surface area contributed by atoms with Crippen molar-refractivity contribution in [2.45, 2.75) is 65.3 Å². The molecular formula is C24H42N6O. The number of aryl methyl sites for hydroxylation is 1. The van der Waals surface area contributed by atoms with Crippen LogP contribution in [0.2, 0.25) is 0 Å². The number of rotatable bonds is 10. The lowest BCUT2D eigenvalue weighted by atomic mass is 9.99. The third kappa shape index (κ3) is 8.75. The highest BCUT2D eigenvalue weighted by molar-refractivity contribution is 5.85. The van der Waals surface area contributed by atoms with E-state index in [9.17, 15) is 4.79 Å². The summed E-state index contributed by atoms with van der Waals surface area (Å²) in [4.78, 5) is 25.1. The molecule has 7 nitrogen and oxygen atoms in total. The first-order valence-corrected chi connectivity index (χ1v) is 11.9. The fraction of sp³-hybridized carbons (Fsp3) is 0.708. The van der Waals surface area contributed by atoms with Crippen LogP contribution in [-0.2, 0) is 4.79 Å². The second-order valence-corrected chi connectivity index (χ2v) is 8.85. The number of anilines is 1. The van der Waals surface area contributed by atoms with Crippen LogP contribution in [-0.4, -0.2) is 68.1 Å². The van der Waals surface area contributed by atoms with Gasteiger partial charge in [-0.25, -0.2) is 9.98 Å². The number of amides is 1. The molecule has 1 aliphatic heterocycles. The summed E-state index contributed by atoms with van der Waals surface area (Å²) in [5, 5.41) is 7.10. The van der Waals surface area contributed by atoms with Crippen LogP contribution in [0.5, 0.6) is 0 Å². The Balaban J connectivity index is 1.92. The third-order valence-electron chi connectivity index (χ3n) is 6.03. The molecule has 174 valence electrons. The number of nitrogens with one attached hydrogen (secondary N) is 2. The van der Waals surface area contributed by atoms with Crippen molar-refractivity contribution < 1.29 is 4.79 Å². The van der Waals surface area contributed by atoms with Gasteiger partial charge >= 0.3 is 0 Å². The Kier molecular flexibility index (Phi) is 10.6. The zero-order valence-corrected chi connectivity index (χ0v) is 20.2. The van der Waals surface area contributed by atoms with E-state index in [0.29, 0.717) is 12.0 Å². The summed E-state index contributed by atoms with van der Waals surface area (Å²) in [6.07, 6.45) is 8.82. The first-order valence-electron chi connectivity index (χ1n) is 11.9. The standard InChI is InChI=1S/C24H42N6O/c1-6-8-9-20(7-2)17-26-24(27-18-23(31)29(4)5)28-21-12-14-30(15-13-21)22-11-10-19(3)16-25-22/h10-11,16,20-21H,6-9,12-15,17-18H2,1-5H3,(H2,26,27,28). The molecule has 2 heterocycles. The van der Waals surface area contributed by atoms with E-state index in [4.69, 9.17) is 0 Å². The Morgan fingerprint density at radius 2 is 2.03 bits per heavy atom. The molecule has 1 unspecified atom stereocenters. The zero-order valence-electron chi connectivity index (χ0n) is 20.2. The van der Waals surface area contributed by atoms with E-state index in [1.165, 1.54) is 24.8 Å². The monoisotopic (exact) mass is 430 g/mol. The number of hydrogen-bond acceptors (Lipinski definition) is 4. The molecule has 0 radical (unpaired) electrons. The van der Waals surface area contributed by atoms with Crippen LogP contribution >= 0.6 is 0 Å². The number of guanidine groups is 1. The summed E-state index contributed by atoms with van der Waals surface area (Å²) < 4.78 is 0. The van der Waals surface area contributed by atoms with E-state index in [1.54, 1.807) is 19.0 Å². The van der Waals surface area contributed by atoms with Gasteiger partial charge in [0.2, 0.25) is 5.91 Å². The fourth-order valence-electron chi connectivity index (χ4n) is 3.72. The van der Waals surface area contributed by atoms with Crippen molar-refractivity contribution in [3.63, 3.8) is 0 Å². The highest BCUT2D eigenvalue weighted by atomic mass is 16.2. The van der Waals surface area contributed by atoms with Crippen molar-refractivity contribution in [2.24, 2.45) is 10.9 Å². The Labute approximate surface area is 188 Å². The predicted octanol–water partition coefficient (Wildman–Crippen LogP) is 3.20. The number of piperidine rings is 1. The van der Waals surface area contributed by atoms with Gasteiger partial charge in [-0.3, -0.25) is 4.79 Å². The van der Waals surface area contributed by atoms with Gasteiger partial charge in [0.25, 0.3) is 0 Å². The van der Waals surface area contributed by atoms with Gasteiger partial charge in [-0.2, -0.15) is 0 Å². The highest BCUT2D eigenvalue weighted by Gasteiger charge is 2.21. The SMILES string of the molecule is CCCCC(CC)CNC(=NCC(=O)N(C)C)NC1CCN(c2ccc(C)cn2)CC1. The number of pyridine rings is 1. The average Bonchev–Trinajstić information content (AvgIpc) is 2.78. The molecule has 1 atom stereocenters. The molecule has 0 aliphatic carbocycles. The van der Waals surface area contributed by atoms with Gasteiger partial charge in [0, 0.05) is 46.0 Å². The molecule has 0 spiro atoms. The van der Waals surface area contributed by atoms with Crippen molar-refractivity contribution in [2.75, 3.05) is 45.2 Å². The lowest BCUT2D eigenvalue weighted by Crippen LogP contribution is -2.50. The van der Waals surface area contributed by atoms with Gasteiger partial charge in [-0.1, -0.05) is 39.2 Å². The van der Waals surface area contributed by atoms with Crippen LogP contribution in [0.3, 0.4) is 0 Å². The molecule has 0 aromatic carbocycles. The van der Waals surface area contributed by atoms with Gasteiger partial charge in [0.15, 0.2) is 5.96 Å². The summed E-state index contributed by atoms with van der Waals surface area (Å²) in [5.41, 5.74) is 1.18. The Hall–Kier alpha value is -2.31. The molecule has 2 rings (SSSR count). The molecule has 1 amide bonds. The lowest BCUT2D eigenvalue weighted by Gasteiger charge is -2.34. The van der Waals surface area contributed by atoms with Crippen LogP contribution in [0.25, 0.3) is 0 Å². The molecular weight excluding hydrogens is 388 g/mol. The van der Waals surface area contributed by atoms with Crippen LogP contribution in [0.15, 0.2) is 23.3 Å². The summed E-state index contributed by atoms with van der Waals surface area (Å²) in [7, 11) is 3.54. The molecule has 1 saturated heterocycles. The molecule has 1 aliphatic rings. The van der Waals surface area contributed by atoms with E-state index in [0.717, 1.165) is 50.7 Å². The first-order chi connectivity index (χ1) is 14.9. The number of likely N-dealkylation sites (N-methyl/N-ethyl adjacent to an activating group) is 1. The number of carbonyl (C=O) groups excluding carboxylic acids is 1. The van der Waals surface area contributed by atoms with E-state index >= 15 is 0 Å². The topological polar surface area (TPSA) is 72.9 Å². The number of unbranched alkanes of at least 4 members (excludes halogenated alkanes) is 1. The van der Waals surface area contributed by atoms with Crippen molar-refractivity contribution >= 4 is 17.7 Å². The maximum absolute atomic E-state index is 12.0. The minimum absolute atomic E-state index is 0.0133. The van der Waals surface area contributed by atoms with Crippen LogP contribution < -0.4 is 15.5 Å². The second kappa shape index (κ2) is 13.2. The smallest absolute Gasteiger partial charge is 0.243 e. The summed E-state index contributed by atoms with van der Waals surface area (Å²) >= 11 is 0. The summed E-state index contributed by atoms with van der Waals surface area (Å²) in [6.45, 7) is 9.53. The second-order valence-electron chi connectivity index (χ2n) is 8.85. The third-order valence-corrected chi connectivity index (χ3v) is 6.03. The molecule has 0 bridgehead atoms. The molecule has 7 heteroatoms. The van der Waals surface area contributed by atoms with E-state index in [-0.39, 0.29) is 12.5 Å². The van der Waals surface area contributed by atoms with Gasteiger partial charge in [-0.05, 0) is 43.7 Å². The summed E-state index contributed by atoms with van der Waals surface area (Å²) in [5.74, 6) is 2.46. The minimum Gasteiger partial charge on any atom is -0.356 e. The Morgan fingerprint density at radius 1 is 1.29 bits per heavy atom. The van der Waals surface area contributed by atoms with Gasteiger partial charge < -0.3 is 20.4 Å². The quantitative estimate of drug-likeness (QED) is 0.441. The van der Waals surface area contributed by atoms with Crippen molar-refractivity contribution in [3.05, 3.63) is 23.9 Å². The largest absolute Gasteiger partial charge is 0.356 e. The number of aromatic nitrogens is 1. The van der Waals surface area contributed by atoms with Crippen LogP contribution in [0.4, 0.5) is 5.82 Å². The predicted molar refractivity (Wildman–Crippen MR) is 130 cm³/mol. The number of aliphatic imine (C=N–C) groups is 1. The van der Waals surface area contributed by atoms with E-state index < -0.39 is 0 Å². The first kappa shape index (κ1) is 25.0. The maximum atomic E-state index is 12.0. The summed E-state index contributed by atoms with van der Waals surface area (Å²) in [6, 6.07) is 4.57. The molecule has 1 aromatic rings. The van der Waals surface area contributed by atoms with Crippen molar-refractivity contribution in [1.82, 2.24) is 20.5 Å². The number of nitrogens with zero attached hydrogens (tertiary/aromatic N) is 4. The lowest BCUT2D eigenvalue weighted by molar-refractivity contribution is -0.127. The van der Waals surface area contributed by atoms with Crippen molar-refractivity contribution in [3.8, 4) is 0 Å². The fourth-order valence-corrected chi connectivity index (χ4v) is 3.72. The van der Waals surface area contributed by atoms with E-state index in [2.05, 4.69) is 58.4 Å². The highest BCUT2D eigenvalue weighted by Crippen LogP contribution is 2.18. The van der Waals surface area contributed by atoms with Gasteiger partial charge in [-0.15, -0.1) is 0 Å². The van der Waals surface area contributed by atoms with Crippen LogP contribution in [0, 0.1) is 12.8 Å². The maximum Gasteiger partial charge on any atom is 0.243 e. The van der Waals surface area contributed by atoms with Crippen LogP contribution in [0.1, 0.15) is 57.9 Å². The molecule has 2 N–H and O–H groups in total.